The van der Waals surface area contributed by atoms with Crippen molar-refractivity contribution in [2.45, 2.75) is 76.5 Å². The van der Waals surface area contributed by atoms with Gasteiger partial charge in [-0.15, -0.1) is 0 Å². The molecular weight excluding hydrogens is 697 g/mol. The van der Waals surface area contributed by atoms with Gasteiger partial charge in [-0.05, 0) is 72.6 Å². The smallest absolute Gasteiger partial charge is 0.248 e. The second-order valence-corrected chi connectivity index (χ2v) is 15.2. The second-order valence-electron chi connectivity index (χ2n) is 15.2. The van der Waals surface area contributed by atoms with Crippen LogP contribution in [0.5, 0.6) is 0 Å². The number of aliphatic imine (C=N–C) groups is 2. The molecule has 4 aliphatic rings. The van der Waals surface area contributed by atoms with Crippen LogP contribution in [0.4, 0.5) is 0 Å². The number of nitrogens with one attached hydrogen (secondary N) is 4. The predicted octanol–water partition coefficient (Wildman–Crippen LogP) is 5.42. The van der Waals surface area contributed by atoms with Crippen LogP contribution in [0, 0.1) is 11.8 Å². The van der Waals surface area contributed by atoms with Gasteiger partial charge in [0.15, 0.2) is 5.96 Å². The first-order chi connectivity index (χ1) is 26.9. The fourth-order valence-corrected chi connectivity index (χ4v) is 8.06. The molecule has 14 heteroatoms. The van der Waals surface area contributed by atoms with E-state index in [1.165, 1.54) is 13.5 Å². The van der Waals surface area contributed by atoms with Gasteiger partial charge < -0.3 is 35.3 Å². The summed E-state index contributed by atoms with van der Waals surface area (Å²) in [6, 6.07) is 15.9. The van der Waals surface area contributed by atoms with Crippen LogP contribution in [0.15, 0.2) is 70.9 Å². The number of carbonyl (C=O) groups excluding carboxylic acids is 2. The summed E-state index contributed by atoms with van der Waals surface area (Å²) >= 11 is 0. The Kier molecular flexibility index (Phi) is 10.7. The van der Waals surface area contributed by atoms with Crippen molar-refractivity contribution in [2.75, 3.05) is 33.3 Å². The largest absolute Gasteiger partial charge is 0.355 e. The summed E-state index contributed by atoms with van der Waals surface area (Å²) in [6.45, 7) is 7.04. The number of aromatic amines is 2. The molecule has 3 fully saturated rings. The fourth-order valence-electron chi connectivity index (χ4n) is 8.06. The number of likely N-dealkylation sites (tertiary alicyclic amines) is 2. The third kappa shape index (κ3) is 7.86. The number of amides is 2. The molecule has 5 heterocycles. The Balaban J connectivity index is 0.908. The first-order valence-electron chi connectivity index (χ1n) is 19.6. The van der Waals surface area contributed by atoms with Crippen molar-refractivity contribution >= 4 is 24.2 Å². The average Bonchev–Trinajstić information content (AvgIpc) is 3.86. The lowest BCUT2D eigenvalue weighted by Crippen LogP contribution is -2.53. The van der Waals surface area contributed by atoms with Crippen molar-refractivity contribution in [3.63, 3.8) is 0 Å². The van der Waals surface area contributed by atoms with Gasteiger partial charge in [-0.1, -0.05) is 62.4 Å². The predicted molar refractivity (Wildman–Crippen MR) is 210 cm³/mol. The van der Waals surface area contributed by atoms with Gasteiger partial charge in [-0.3, -0.25) is 14.6 Å². The van der Waals surface area contributed by atoms with E-state index >= 15 is 0 Å². The van der Waals surface area contributed by atoms with Crippen LogP contribution in [0.3, 0.4) is 0 Å². The van der Waals surface area contributed by atoms with Crippen molar-refractivity contribution in [2.24, 2.45) is 21.8 Å². The van der Waals surface area contributed by atoms with Gasteiger partial charge in [0.05, 0.1) is 49.5 Å². The van der Waals surface area contributed by atoms with Gasteiger partial charge in [-0.25, -0.2) is 15.0 Å². The van der Waals surface area contributed by atoms with E-state index in [1.54, 1.807) is 0 Å². The zero-order chi connectivity index (χ0) is 37.9. The van der Waals surface area contributed by atoms with Crippen LogP contribution in [-0.2, 0) is 19.4 Å². The molecule has 4 N–H and O–H groups in total. The Hall–Kier alpha value is -5.50. The van der Waals surface area contributed by atoms with Gasteiger partial charge in [0, 0.05) is 19.6 Å². The number of H-pyrrole nitrogens is 2. The van der Waals surface area contributed by atoms with Gasteiger partial charge in [0.2, 0.25) is 18.2 Å². The van der Waals surface area contributed by atoms with E-state index in [9.17, 15) is 9.59 Å². The lowest BCUT2D eigenvalue weighted by atomic mass is 10.0. The zero-order valence-corrected chi connectivity index (χ0v) is 31.7. The molecule has 2 aromatic carbocycles. The van der Waals surface area contributed by atoms with Crippen molar-refractivity contribution in [3.05, 3.63) is 72.6 Å². The molecule has 8 rings (SSSR count). The minimum atomic E-state index is -0.454. The summed E-state index contributed by atoms with van der Waals surface area (Å²) in [5.74, 6) is 2.78. The Morgan fingerprint density at radius 1 is 0.818 bits per heavy atom. The molecule has 0 unspecified atom stereocenters. The minimum absolute atomic E-state index is 0.0198. The summed E-state index contributed by atoms with van der Waals surface area (Å²) < 4.78 is 0. The molecule has 2 amide bonds. The molecule has 1 aliphatic carbocycles. The van der Waals surface area contributed by atoms with Crippen molar-refractivity contribution in [1.82, 2.24) is 40.4 Å². The molecule has 2 aromatic heterocycles. The highest BCUT2D eigenvalue weighted by atomic mass is 17.2. The summed E-state index contributed by atoms with van der Waals surface area (Å²) in [6.07, 6.45) is 10.5. The molecule has 2 saturated heterocycles. The van der Waals surface area contributed by atoms with Crippen LogP contribution < -0.4 is 10.6 Å². The molecule has 0 spiro atoms. The van der Waals surface area contributed by atoms with E-state index in [2.05, 4.69) is 97.9 Å². The lowest BCUT2D eigenvalue weighted by Gasteiger charge is -2.30. The Morgan fingerprint density at radius 2 is 1.36 bits per heavy atom. The Bertz CT molecular complexity index is 2020. The minimum Gasteiger partial charge on any atom is -0.355 e. The maximum Gasteiger partial charge on any atom is 0.248 e. The molecule has 55 heavy (non-hydrogen) atoms. The normalized spacial score (nSPS) is 20.9. The van der Waals surface area contributed by atoms with E-state index in [0.29, 0.717) is 19.0 Å². The van der Waals surface area contributed by atoms with Gasteiger partial charge >= 0.3 is 0 Å². The topological polar surface area (TPSA) is 165 Å². The number of imidazole rings is 2. The van der Waals surface area contributed by atoms with Crippen LogP contribution in [0.2, 0.25) is 0 Å². The van der Waals surface area contributed by atoms with Gasteiger partial charge in [0.25, 0.3) is 0 Å². The van der Waals surface area contributed by atoms with E-state index < -0.39 is 6.04 Å². The molecule has 4 atom stereocenters. The average molecular weight is 747 g/mol. The summed E-state index contributed by atoms with van der Waals surface area (Å²) in [5.41, 5.74) is 6.10. The maximum atomic E-state index is 13.8. The highest BCUT2D eigenvalue weighted by Gasteiger charge is 2.42. The molecule has 288 valence electrons. The van der Waals surface area contributed by atoms with E-state index in [0.717, 1.165) is 96.9 Å². The fraction of sp³-hybridized carbons (Fsp3) is 0.463. The SMILES string of the molecule is COO/C=N\[C@H](C(=O)N1CCC[C@H]1c1ncc(-c2ccc(-c3ccc(-c4cnc([C@@H]5CCCN5C(=O)[C@H](NC5=NCCN5)C(C)C)[nH]4)cc3)cc2)[nH]1)C1CC1. The monoisotopic (exact) mass is 746 g/mol. The van der Waals surface area contributed by atoms with E-state index in [-0.39, 0.29) is 41.8 Å². The van der Waals surface area contributed by atoms with Crippen LogP contribution in [0.25, 0.3) is 33.6 Å². The van der Waals surface area contributed by atoms with E-state index in [1.807, 2.05) is 22.2 Å². The quantitative estimate of drug-likeness (QED) is 0.0610. The van der Waals surface area contributed by atoms with Crippen LogP contribution in [0.1, 0.15) is 76.1 Å². The van der Waals surface area contributed by atoms with Crippen LogP contribution in [-0.4, -0.2) is 99.3 Å². The van der Waals surface area contributed by atoms with Crippen molar-refractivity contribution in [3.8, 4) is 33.6 Å². The number of guanidine groups is 1. The van der Waals surface area contributed by atoms with Crippen molar-refractivity contribution in [1.29, 1.82) is 0 Å². The Labute approximate surface area is 321 Å². The number of hydrogen-bond acceptors (Lipinski definition) is 10. The first-order valence-corrected chi connectivity index (χ1v) is 19.6. The maximum absolute atomic E-state index is 13.8. The Morgan fingerprint density at radius 3 is 1.85 bits per heavy atom. The highest BCUT2D eigenvalue weighted by Crippen LogP contribution is 2.39. The second kappa shape index (κ2) is 16.1. The molecule has 0 radical (unpaired) electrons. The molecular formula is C41H50N10O4. The zero-order valence-electron chi connectivity index (χ0n) is 31.7. The molecule has 0 bridgehead atoms. The van der Waals surface area contributed by atoms with E-state index in [4.69, 9.17) is 14.9 Å². The highest BCUT2D eigenvalue weighted by molar-refractivity contribution is 5.90. The summed E-state index contributed by atoms with van der Waals surface area (Å²) in [5, 5.41) is 6.57. The summed E-state index contributed by atoms with van der Waals surface area (Å²) in [7, 11) is 1.41. The number of nitrogens with zero attached hydrogens (tertiary/aromatic N) is 6. The van der Waals surface area contributed by atoms with Crippen molar-refractivity contribution < 1.29 is 19.4 Å². The standard InChI is InChI=1S/C41H50N10O4/c1-25(2)35(49-41-42-18-19-43-41)39(52)50-20-4-6-33(50)37-44-22-31(47-37)28-12-8-26(9-13-28)27-10-14-29(15-11-27)32-23-45-38(48-32)34-7-5-21-51(34)40(53)36(30-16-17-30)46-24-55-54-3/h8-15,22-25,30,33-36H,4-7,16-21H2,1-3H3,(H,44,47)(H,45,48)(H2,42,43,49)/b46-24-/t33-,34-,35+,36-/m0/s1. The van der Waals surface area contributed by atoms with Gasteiger partial charge in [0.1, 0.15) is 23.7 Å². The third-order valence-corrected chi connectivity index (χ3v) is 11.2. The number of carbonyl (C=O) groups is 2. The number of benzene rings is 2. The van der Waals surface area contributed by atoms with Gasteiger partial charge in [-0.2, -0.15) is 4.89 Å². The summed E-state index contributed by atoms with van der Waals surface area (Å²) in [4.78, 5) is 66.0. The lowest BCUT2D eigenvalue weighted by molar-refractivity contribution is -0.188. The third-order valence-electron chi connectivity index (χ3n) is 11.2. The number of aromatic nitrogens is 4. The molecule has 4 aromatic rings. The number of hydrogen-bond donors (Lipinski definition) is 4. The molecule has 1 saturated carbocycles. The number of rotatable bonds is 13. The van der Waals surface area contributed by atoms with Crippen LogP contribution >= 0.6 is 0 Å². The first kappa shape index (κ1) is 36.5. The molecule has 3 aliphatic heterocycles. The molecule has 14 nitrogen and oxygen atoms in total.